The zero-order valence-electron chi connectivity index (χ0n) is 8.58. The van der Waals surface area contributed by atoms with Gasteiger partial charge in [0.1, 0.15) is 5.54 Å². The van der Waals surface area contributed by atoms with Crippen LogP contribution in [-0.2, 0) is 9.59 Å². The number of nitrogens with zero attached hydrogens (tertiary/aromatic N) is 1. The Bertz CT molecular complexity index is 294. The van der Waals surface area contributed by atoms with Crippen LogP contribution < -0.4 is 16.4 Å². The van der Waals surface area contributed by atoms with Gasteiger partial charge in [0.2, 0.25) is 11.8 Å². The topological polar surface area (TPSA) is 87.5 Å². The van der Waals surface area contributed by atoms with Crippen LogP contribution in [0, 0.1) is 0 Å². The molecule has 2 aliphatic heterocycles. The van der Waals surface area contributed by atoms with Crippen molar-refractivity contribution < 1.29 is 9.59 Å². The highest BCUT2D eigenvalue weighted by Crippen LogP contribution is 2.20. The fourth-order valence-corrected chi connectivity index (χ4v) is 2.22. The molecule has 0 aromatic carbocycles. The molecule has 2 rings (SSSR count). The lowest BCUT2D eigenvalue weighted by molar-refractivity contribution is -0.135. The van der Waals surface area contributed by atoms with Crippen molar-refractivity contribution in [1.29, 1.82) is 0 Å². The number of nitrogens with two attached hydrogens (primary N) is 1. The van der Waals surface area contributed by atoms with Crippen molar-refractivity contribution >= 4 is 11.8 Å². The number of hydrogen-bond acceptors (Lipinski definition) is 4. The molecule has 84 valence electrons. The van der Waals surface area contributed by atoms with E-state index in [1.54, 1.807) is 4.90 Å². The molecule has 2 aliphatic rings. The Morgan fingerprint density at radius 3 is 2.93 bits per heavy atom. The first-order valence-corrected chi connectivity index (χ1v) is 5.19. The lowest BCUT2D eigenvalue weighted by atomic mass is 9.94. The van der Waals surface area contributed by atoms with Gasteiger partial charge in [0.25, 0.3) is 0 Å². The molecule has 2 saturated heterocycles. The third-order valence-electron chi connectivity index (χ3n) is 3.11. The molecule has 0 aromatic heterocycles. The fourth-order valence-electron chi connectivity index (χ4n) is 2.22. The van der Waals surface area contributed by atoms with E-state index in [0.29, 0.717) is 26.2 Å². The van der Waals surface area contributed by atoms with E-state index in [9.17, 15) is 9.59 Å². The molecule has 0 aromatic rings. The van der Waals surface area contributed by atoms with E-state index >= 15 is 0 Å². The summed E-state index contributed by atoms with van der Waals surface area (Å²) in [7, 11) is 0. The molecule has 6 nitrogen and oxygen atoms in total. The standard InChI is InChI=1S/C9H16N4O2/c10-5-7(14)13-4-3-12-9(6-13)1-2-11-8(9)15/h12H,1-6,10H2,(H,11,15). The van der Waals surface area contributed by atoms with Gasteiger partial charge in [0.05, 0.1) is 6.54 Å². The molecule has 1 unspecified atom stereocenters. The van der Waals surface area contributed by atoms with E-state index in [1.807, 2.05) is 0 Å². The lowest BCUT2D eigenvalue weighted by Crippen LogP contribution is -2.65. The van der Waals surface area contributed by atoms with Crippen LogP contribution in [0.25, 0.3) is 0 Å². The van der Waals surface area contributed by atoms with Gasteiger partial charge in [-0.05, 0) is 6.42 Å². The molecule has 4 N–H and O–H groups in total. The molecule has 6 heteroatoms. The first-order chi connectivity index (χ1) is 7.18. The predicted octanol–water partition coefficient (Wildman–Crippen LogP) is -2.36. The largest absolute Gasteiger partial charge is 0.354 e. The fraction of sp³-hybridized carbons (Fsp3) is 0.778. The van der Waals surface area contributed by atoms with Crippen molar-refractivity contribution in [1.82, 2.24) is 15.5 Å². The van der Waals surface area contributed by atoms with Gasteiger partial charge >= 0.3 is 0 Å². The number of carbonyl (C=O) groups is 2. The van der Waals surface area contributed by atoms with Gasteiger partial charge in [-0.25, -0.2) is 0 Å². The van der Waals surface area contributed by atoms with E-state index in [4.69, 9.17) is 5.73 Å². The number of piperazine rings is 1. The summed E-state index contributed by atoms with van der Waals surface area (Å²) in [4.78, 5) is 24.8. The van der Waals surface area contributed by atoms with Crippen LogP contribution in [0.3, 0.4) is 0 Å². The van der Waals surface area contributed by atoms with Crippen molar-refractivity contribution in [2.75, 3.05) is 32.7 Å². The second-order valence-corrected chi connectivity index (χ2v) is 4.03. The Balaban J connectivity index is 2.09. The van der Waals surface area contributed by atoms with Crippen LogP contribution in [0.15, 0.2) is 0 Å². The molecule has 1 spiro atoms. The zero-order valence-corrected chi connectivity index (χ0v) is 8.58. The van der Waals surface area contributed by atoms with E-state index in [-0.39, 0.29) is 18.4 Å². The van der Waals surface area contributed by atoms with E-state index in [2.05, 4.69) is 10.6 Å². The highest BCUT2D eigenvalue weighted by Gasteiger charge is 2.45. The minimum atomic E-state index is -0.566. The molecule has 2 heterocycles. The maximum Gasteiger partial charge on any atom is 0.242 e. The normalized spacial score (nSPS) is 30.7. The first kappa shape index (κ1) is 10.4. The molecule has 0 saturated carbocycles. The van der Waals surface area contributed by atoms with Crippen LogP contribution in [0.4, 0.5) is 0 Å². The number of rotatable bonds is 1. The molecular weight excluding hydrogens is 196 g/mol. The van der Waals surface area contributed by atoms with Crippen molar-refractivity contribution in [2.45, 2.75) is 12.0 Å². The van der Waals surface area contributed by atoms with Crippen molar-refractivity contribution in [3.63, 3.8) is 0 Å². The quantitative estimate of drug-likeness (QED) is 0.453. The van der Waals surface area contributed by atoms with Gasteiger partial charge in [-0.15, -0.1) is 0 Å². The minimum absolute atomic E-state index is 0.00276. The van der Waals surface area contributed by atoms with Crippen LogP contribution in [0.5, 0.6) is 0 Å². The minimum Gasteiger partial charge on any atom is -0.354 e. The Hall–Kier alpha value is -1.14. The second kappa shape index (κ2) is 3.79. The van der Waals surface area contributed by atoms with Crippen LogP contribution in [0.2, 0.25) is 0 Å². The summed E-state index contributed by atoms with van der Waals surface area (Å²) >= 11 is 0. The summed E-state index contributed by atoms with van der Waals surface area (Å²) in [5, 5.41) is 5.99. The second-order valence-electron chi connectivity index (χ2n) is 4.03. The number of carbonyl (C=O) groups excluding carboxylic acids is 2. The van der Waals surface area contributed by atoms with Gasteiger partial charge in [0, 0.05) is 26.2 Å². The van der Waals surface area contributed by atoms with E-state index < -0.39 is 5.54 Å². The summed E-state index contributed by atoms with van der Waals surface area (Å²) in [5.41, 5.74) is 4.75. The summed E-state index contributed by atoms with van der Waals surface area (Å²) in [6, 6.07) is 0. The van der Waals surface area contributed by atoms with Gasteiger partial charge in [-0.3, -0.25) is 9.59 Å². The van der Waals surface area contributed by atoms with Gasteiger partial charge < -0.3 is 21.3 Å². The van der Waals surface area contributed by atoms with Gasteiger partial charge in [0.15, 0.2) is 0 Å². The first-order valence-electron chi connectivity index (χ1n) is 5.19. The highest BCUT2D eigenvalue weighted by molar-refractivity contribution is 5.90. The molecule has 15 heavy (non-hydrogen) atoms. The molecule has 0 aliphatic carbocycles. The summed E-state index contributed by atoms with van der Waals surface area (Å²) in [6.07, 6.45) is 0.736. The summed E-state index contributed by atoms with van der Waals surface area (Å²) in [5.74, 6) is -0.0902. The number of hydrogen-bond donors (Lipinski definition) is 3. The predicted molar refractivity (Wildman–Crippen MR) is 54.0 cm³/mol. The maximum absolute atomic E-state index is 11.7. The number of amides is 2. The molecule has 1 atom stereocenters. The van der Waals surface area contributed by atoms with E-state index in [0.717, 1.165) is 6.42 Å². The third-order valence-corrected chi connectivity index (χ3v) is 3.11. The van der Waals surface area contributed by atoms with Gasteiger partial charge in [-0.2, -0.15) is 0 Å². The average Bonchev–Trinajstić information content (AvgIpc) is 2.59. The molecule has 2 fully saturated rings. The van der Waals surface area contributed by atoms with Crippen molar-refractivity contribution in [2.24, 2.45) is 5.73 Å². The number of nitrogens with one attached hydrogen (secondary N) is 2. The van der Waals surface area contributed by atoms with E-state index in [1.165, 1.54) is 0 Å². The highest BCUT2D eigenvalue weighted by atomic mass is 16.2. The van der Waals surface area contributed by atoms with Crippen molar-refractivity contribution in [3.05, 3.63) is 0 Å². The maximum atomic E-state index is 11.7. The van der Waals surface area contributed by atoms with Crippen LogP contribution >= 0.6 is 0 Å². The third kappa shape index (κ3) is 1.70. The van der Waals surface area contributed by atoms with Crippen LogP contribution in [-0.4, -0.2) is 55.0 Å². The Kier molecular flexibility index (Phi) is 2.62. The van der Waals surface area contributed by atoms with Crippen LogP contribution in [0.1, 0.15) is 6.42 Å². The zero-order chi connectivity index (χ0) is 10.9. The molecule has 0 radical (unpaired) electrons. The summed E-state index contributed by atoms with van der Waals surface area (Å²) < 4.78 is 0. The Morgan fingerprint density at radius 1 is 1.53 bits per heavy atom. The SMILES string of the molecule is NCC(=O)N1CCNC2(CCNC2=O)C1. The monoisotopic (exact) mass is 212 g/mol. The average molecular weight is 212 g/mol. The lowest BCUT2D eigenvalue weighted by Gasteiger charge is -2.39. The smallest absolute Gasteiger partial charge is 0.242 e. The molecular formula is C9H16N4O2. The molecule has 2 amide bonds. The van der Waals surface area contributed by atoms with Crippen molar-refractivity contribution in [3.8, 4) is 0 Å². The Labute approximate surface area is 88.2 Å². The summed E-state index contributed by atoms with van der Waals surface area (Å²) in [6.45, 7) is 2.41. The van der Waals surface area contributed by atoms with Gasteiger partial charge in [-0.1, -0.05) is 0 Å². The molecule has 0 bridgehead atoms. The Morgan fingerprint density at radius 2 is 2.33 bits per heavy atom.